The summed E-state index contributed by atoms with van der Waals surface area (Å²) in [6, 6.07) is 14.1. The van der Waals surface area contributed by atoms with Crippen molar-refractivity contribution in [2.24, 2.45) is 0 Å². The van der Waals surface area contributed by atoms with Crippen LogP contribution in [0.3, 0.4) is 0 Å². The first-order valence-corrected chi connectivity index (χ1v) is 9.03. The molecular formula is C19H21ClN4O. The van der Waals surface area contributed by atoms with Crippen LogP contribution in [0.25, 0.3) is 10.9 Å². The van der Waals surface area contributed by atoms with Crippen molar-refractivity contribution in [3.8, 4) is 0 Å². The number of aliphatic hydroxyl groups is 1. The van der Waals surface area contributed by atoms with Crippen LogP contribution in [0.15, 0.2) is 48.7 Å². The Morgan fingerprint density at radius 1 is 1.12 bits per heavy atom. The molecule has 0 bridgehead atoms. The first kappa shape index (κ1) is 16.5. The summed E-state index contributed by atoms with van der Waals surface area (Å²) in [7, 11) is 0. The van der Waals surface area contributed by atoms with Crippen LogP contribution in [0, 0.1) is 0 Å². The number of fused-ring (bicyclic) bond motifs is 1. The third-order valence-corrected chi connectivity index (χ3v) is 5.13. The van der Waals surface area contributed by atoms with Gasteiger partial charge in [-0.1, -0.05) is 35.9 Å². The van der Waals surface area contributed by atoms with E-state index >= 15 is 0 Å². The highest BCUT2D eigenvalue weighted by molar-refractivity contribution is 6.29. The van der Waals surface area contributed by atoms with Gasteiger partial charge in [-0.3, -0.25) is 4.68 Å². The van der Waals surface area contributed by atoms with E-state index in [-0.39, 0.29) is 0 Å². The molecule has 3 heterocycles. The number of aliphatic hydroxyl groups excluding tert-OH is 1. The molecule has 2 aromatic heterocycles. The number of nitrogens with zero attached hydrogens (tertiary/aromatic N) is 4. The fraction of sp³-hybridized carbons (Fsp3) is 0.368. The fourth-order valence-corrected chi connectivity index (χ4v) is 3.75. The lowest BCUT2D eigenvalue weighted by Gasteiger charge is -2.33. The number of piperidine rings is 1. The number of β-amino-alcohol motifs (C(OH)–C–C–N with tert-alkyl or cyclic N) is 1. The Balaban J connectivity index is 1.38. The van der Waals surface area contributed by atoms with Crippen LogP contribution in [0.4, 0.5) is 0 Å². The number of pyridine rings is 1. The van der Waals surface area contributed by atoms with Crippen molar-refractivity contribution in [1.29, 1.82) is 0 Å². The van der Waals surface area contributed by atoms with Gasteiger partial charge in [-0.2, -0.15) is 5.10 Å². The average molecular weight is 357 g/mol. The van der Waals surface area contributed by atoms with Crippen LogP contribution in [-0.2, 0) is 0 Å². The summed E-state index contributed by atoms with van der Waals surface area (Å²) in [4.78, 5) is 6.49. The maximum absolute atomic E-state index is 10.4. The Labute approximate surface area is 151 Å². The largest absolute Gasteiger partial charge is 0.385 e. The lowest BCUT2D eigenvalue weighted by atomic mass is 10.0. The molecule has 1 fully saturated rings. The molecule has 3 aromatic rings. The molecule has 5 nitrogen and oxygen atoms in total. The summed E-state index contributed by atoms with van der Waals surface area (Å²) >= 11 is 5.91. The van der Waals surface area contributed by atoms with Crippen molar-refractivity contribution in [3.05, 3.63) is 59.5 Å². The quantitative estimate of drug-likeness (QED) is 0.727. The van der Waals surface area contributed by atoms with E-state index in [4.69, 9.17) is 11.6 Å². The normalized spacial score (nSPS) is 17.8. The Bertz CT molecular complexity index is 857. The van der Waals surface area contributed by atoms with E-state index in [2.05, 4.69) is 37.9 Å². The van der Waals surface area contributed by atoms with Crippen LogP contribution in [0.2, 0.25) is 5.15 Å². The Hall–Kier alpha value is -1.95. The maximum Gasteiger partial charge on any atom is 0.129 e. The summed E-state index contributed by atoms with van der Waals surface area (Å²) in [5, 5.41) is 16.6. The van der Waals surface area contributed by atoms with Crippen LogP contribution in [0.1, 0.15) is 30.7 Å². The number of rotatable bonds is 4. The molecule has 6 heteroatoms. The van der Waals surface area contributed by atoms with Crippen LogP contribution >= 0.6 is 11.6 Å². The van der Waals surface area contributed by atoms with Gasteiger partial charge in [-0.05, 0) is 31.0 Å². The smallest absolute Gasteiger partial charge is 0.129 e. The van der Waals surface area contributed by atoms with Gasteiger partial charge in [-0.25, -0.2) is 4.98 Å². The number of likely N-dealkylation sites (tertiary alicyclic amines) is 1. The number of para-hydroxylation sites is 1. The van der Waals surface area contributed by atoms with Crippen LogP contribution in [-0.4, -0.2) is 44.4 Å². The van der Waals surface area contributed by atoms with Crippen molar-refractivity contribution in [2.45, 2.75) is 25.0 Å². The molecule has 0 aliphatic carbocycles. The van der Waals surface area contributed by atoms with E-state index in [9.17, 15) is 5.11 Å². The maximum atomic E-state index is 10.4. The van der Waals surface area contributed by atoms with Crippen molar-refractivity contribution in [3.63, 3.8) is 0 Å². The fourth-order valence-electron chi connectivity index (χ4n) is 3.58. The average Bonchev–Trinajstić information content (AvgIpc) is 3.06. The molecule has 0 amide bonds. The Kier molecular flexibility index (Phi) is 4.70. The molecule has 1 N–H and O–H groups in total. The summed E-state index contributed by atoms with van der Waals surface area (Å²) in [5.41, 5.74) is 1.83. The molecule has 1 aliphatic rings. The first-order valence-electron chi connectivity index (χ1n) is 8.66. The zero-order valence-corrected chi connectivity index (χ0v) is 14.7. The third-order valence-electron chi connectivity index (χ3n) is 4.92. The van der Waals surface area contributed by atoms with Crippen molar-refractivity contribution in [1.82, 2.24) is 19.7 Å². The zero-order valence-electron chi connectivity index (χ0n) is 13.9. The monoisotopic (exact) mass is 356 g/mol. The Morgan fingerprint density at radius 3 is 2.72 bits per heavy atom. The second-order valence-electron chi connectivity index (χ2n) is 6.58. The van der Waals surface area contributed by atoms with E-state index in [0.29, 0.717) is 23.4 Å². The minimum absolute atomic E-state index is 0.414. The lowest BCUT2D eigenvalue weighted by molar-refractivity contribution is 0.0870. The lowest BCUT2D eigenvalue weighted by Crippen LogP contribution is -2.37. The summed E-state index contributed by atoms with van der Waals surface area (Å²) in [6.45, 7) is 2.47. The predicted molar refractivity (Wildman–Crippen MR) is 98.7 cm³/mol. The van der Waals surface area contributed by atoms with Gasteiger partial charge in [0.05, 0.1) is 23.4 Å². The van der Waals surface area contributed by atoms with Crippen LogP contribution in [0.5, 0.6) is 0 Å². The van der Waals surface area contributed by atoms with Gasteiger partial charge in [0.1, 0.15) is 11.3 Å². The van der Waals surface area contributed by atoms with E-state index < -0.39 is 6.10 Å². The minimum Gasteiger partial charge on any atom is -0.385 e. The number of benzene rings is 1. The molecule has 1 aliphatic heterocycles. The molecule has 0 saturated carbocycles. The summed E-state index contributed by atoms with van der Waals surface area (Å²) in [5.74, 6) is 0. The van der Waals surface area contributed by atoms with Gasteiger partial charge in [0, 0.05) is 25.0 Å². The highest BCUT2D eigenvalue weighted by Crippen LogP contribution is 2.27. The van der Waals surface area contributed by atoms with Gasteiger partial charge >= 0.3 is 0 Å². The molecule has 4 rings (SSSR count). The van der Waals surface area contributed by atoms with Crippen molar-refractivity contribution < 1.29 is 5.11 Å². The molecule has 1 unspecified atom stereocenters. The molecule has 1 aromatic carbocycles. The first-order chi connectivity index (χ1) is 12.2. The third kappa shape index (κ3) is 3.54. The van der Waals surface area contributed by atoms with Crippen molar-refractivity contribution >= 4 is 22.5 Å². The molecule has 25 heavy (non-hydrogen) atoms. The van der Waals surface area contributed by atoms with Gasteiger partial charge in [0.2, 0.25) is 0 Å². The van der Waals surface area contributed by atoms with Gasteiger partial charge < -0.3 is 10.0 Å². The molecule has 1 atom stereocenters. The second kappa shape index (κ2) is 7.12. The highest BCUT2D eigenvalue weighted by Gasteiger charge is 2.24. The number of hydrogen-bond acceptors (Lipinski definition) is 4. The Morgan fingerprint density at radius 2 is 1.92 bits per heavy atom. The zero-order chi connectivity index (χ0) is 17.2. The van der Waals surface area contributed by atoms with Crippen molar-refractivity contribution in [2.75, 3.05) is 19.6 Å². The topological polar surface area (TPSA) is 54.2 Å². The summed E-state index contributed by atoms with van der Waals surface area (Å²) in [6.07, 6.45) is 3.39. The molecule has 0 spiro atoms. The van der Waals surface area contributed by atoms with E-state index in [1.807, 2.05) is 24.4 Å². The van der Waals surface area contributed by atoms with Gasteiger partial charge in [0.25, 0.3) is 0 Å². The molecule has 130 valence electrons. The highest BCUT2D eigenvalue weighted by atomic mass is 35.5. The second-order valence-corrected chi connectivity index (χ2v) is 6.97. The predicted octanol–water partition coefficient (Wildman–Crippen LogP) is 3.46. The van der Waals surface area contributed by atoms with E-state index in [1.165, 1.54) is 10.9 Å². The van der Waals surface area contributed by atoms with Gasteiger partial charge in [-0.15, -0.1) is 0 Å². The van der Waals surface area contributed by atoms with E-state index in [0.717, 1.165) is 25.9 Å². The van der Waals surface area contributed by atoms with Gasteiger partial charge in [0.15, 0.2) is 0 Å². The van der Waals surface area contributed by atoms with E-state index in [1.54, 1.807) is 6.07 Å². The SMILES string of the molecule is OC(CN1CCC(n2ncc3ccccc32)CC1)c1cccc(Cl)n1. The summed E-state index contributed by atoms with van der Waals surface area (Å²) < 4.78 is 2.15. The molecular weight excluding hydrogens is 336 g/mol. The number of halogens is 1. The molecule has 0 radical (unpaired) electrons. The number of aromatic nitrogens is 3. The molecule has 1 saturated heterocycles. The van der Waals surface area contributed by atoms with Crippen LogP contribution < -0.4 is 0 Å². The standard InChI is InChI=1S/C19H21ClN4O/c20-19-7-3-5-16(22-19)18(25)13-23-10-8-15(9-11-23)24-17-6-2-1-4-14(17)12-21-24/h1-7,12,15,18,25H,8-11,13H2. The number of hydrogen-bond donors (Lipinski definition) is 1. The minimum atomic E-state index is -0.610.